The Kier molecular flexibility index (Phi) is 4.33. The zero-order valence-electron chi connectivity index (χ0n) is 12.1. The first-order chi connectivity index (χ1) is 10.2. The summed E-state index contributed by atoms with van der Waals surface area (Å²) >= 11 is 3.44. The number of hydrogen-bond acceptors (Lipinski definition) is 5. The molecule has 2 N–H and O–H groups in total. The maximum Gasteiger partial charge on any atom is 0.283 e. The number of aliphatic hydroxyl groups excluding tert-OH is 1. The third-order valence-electron chi connectivity index (χ3n) is 4.72. The Morgan fingerprint density at radius 3 is 3.05 bits per heavy atom. The van der Waals surface area contributed by atoms with Crippen LogP contribution in [0, 0.1) is 11.8 Å². The second kappa shape index (κ2) is 6.06. The van der Waals surface area contributed by atoms with Crippen LogP contribution in [-0.4, -0.2) is 47.2 Å². The van der Waals surface area contributed by atoms with Gasteiger partial charge in [-0.1, -0.05) is 6.92 Å². The SMILES string of the molecule is CCC1C2CNCC2CN1c1cnn(CCO)c(=O)c1Br. The number of rotatable bonds is 4. The van der Waals surface area contributed by atoms with Crippen molar-refractivity contribution in [2.75, 3.05) is 31.1 Å². The van der Waals surface area contributed by atoms with Crippen LogP contribution < -0.4 is 15.8 Å². The van der Waals surface area contributed by atoms with Gasteiger partial charge in [0.1, 0.15) is 4.47 Å². The van der Waals surface area contributed by atoms with Crippen molar-refractivity contribution in [3.63, 3.8) is 0 Å². The summed E-state index contributed by atoms with van der Waals surface area (Å²) in [7, 11) is 0. The Bertz CT molecular complexity index is 577. The highest BCUT2D eigenvalue weighted by molar-refractivity contribution is 9.10. The van der Waals surface area contributed by atoms with Gasteiger partial charge in [0.2, 0.25) is 0 Å². The summed E-state index contributed by atoms with van der Waals surface area (Å²) in [6.45, 7) is 5.43. The highest BCUT2D eigenvalue weighted by atomic mass is 79.9. The van der Waals surface area contributed by atoms with Gasteiger partial charge in [0.25, 0.3) is 5.56 Å². The highest BCUT2D eigenvalue weighted by Gasteiger charge is 2.43. The van der Waals surface area contributed by atoms with Gasteiger partial charge < -0.3 is 15.3 Å². The highest BCUT2D eigenvalue weighted by Crippen LogP contribution is 2.38. The standard InChI is InChI=1S/C14H21BrN4O2/c1-2-11-10-6-16-5-9(10)8-18(11)12-7-17-19(3-4-20)14(21)13(12)15/h7,9-11,16,20H,2-6,8H2,1H3. The van der Waals surface area contributed by atoms with Crippen molar-refractivity contribution in [3.05, 3.63) is 21.0 Å². The number of fused-ring (bicyclic) bond motifs is 1. The molecule has 2 saturated heterocycles. The number of nitrogens with one attached hydrogen (secondary N) is 1. The van der Waals surface area contributed by atoms with Crippen LogP contribution in [0.15, 0.2) is 15.5 Å². The lowest BCUT2D eigenvalue weighted by Gasteiger charge is -2.29. The van der Waals surface area contributed by atoms with Gasteiger partial charge in [0.05, 0.1) is 25.0 Å². The molecule has 1 aromatic heterocycles. The lowest BCUT2D eigenvalue weighted by molar-refractivity contribution is 0.266. The van der Waals surface area contributed by atoms with E-state index in [1.165, 1.54) is 4.68 Å². The lowest BCUT2D eigenvalue weighted by Crippen LogP contribution is -2.37. The smallest absolute Gasteiger partial charge is 0.283 e. The minimum absolute atomic E-state index is 0.0875. The molecule has 6 nitrogen and oxygen atoms in total. The van der Waals surface area contributed by atoms with Gasteiger partial charge in [0, 0.05) is 25.7 Å². The minimum atomic E-state index is -0.174. The van der Waals surface area contributed by atoms with Crippen LogP contribution in [0.5, 0.6) is 0 Å². The molecule has 1 aromatic rings. The molecule has 3 heterocycles. The molecule has 0 aromatic carbocycles. The summed E-state index contributed by atoms with van der Waals surface area (Å²) in [5, 5.41) is 16.6. The van der Waals surface area contributed by atoms with Crippen molar-refractivity contribution in [3.8, 4) is 0 Å². The monoisotopic (exact) mass is 356 g/mol. The van der Waals surface area contributed by atoms with Crippen LogP contribution in [-0.2, 0) is 6.54 Å². The van der Waals surface area contributed by atoms with E-state index in [9.17, 15) is 4.79 Å². The summed E-state index contributed by atoms with van der Waals surface area (Å²) in [5.41, 5.74) is 0.710. The van der Waals surface area contributed by atoms with E-state index in [-0.39, 0.29) is 18.7 Å². The number of nitrogens with zero attached hydrogens (tertiary/aromatic N) is 3. The predicted molar refractivity (Wildman–Crippen MR) is 84.6 cm³/mol. The van der Waals surface area contributed by atoms with Crippen LogP contribution in [0.4, 0.5) is 5.69 Å². The molecule has 0 spiro atoms. The first-order valence-corrected chi connectivity index (χ1v) is 8.30. The molecule has 21 heavy (non-hydrogen) atoms. The molecular weight excluding hydrogens is 336 g/mol. The van der Waals surface area contributed by atoms with Crippen molar-refractivity contribution in [2.45, 2.75) is 25.9 Å². The van der Waals surface area contributed by atoms with Gasteiger partial charge in [-0.15, -0.1) is 0 Å². The Labute approximate surface area is 132 Å². The van der Waals surface area contributed by atoms with Crippen molar-refractivity contribution in [2.24, 2.45) is 11.8 Å². The molecular formula is C14H21BrN4O2. The summed E-state index contributed by atoms with van der Waals surface area (Å²) in [6.07, 6.45) is 2.81. The molecule has 0 bridgehead atoms. The normalized spacial score (nSPS) is 28.1. The van der Waals surface area contributed by atoms with Gasteiger partial charge in [-0.05, 0) is 34.2 Å². The summed E-state index contributed by atoms with van der Waals surface area (Å²) in [6, 6.07) is 0.455. The molecule has 3 atom stereocenters. The van der Waals surface area contributed by atoms with Crippen molar-refractivity contribution < 1.29 is 5.11 Å². The average molecular weight is 357 g/mol. The Morgan fingerprint density at radius 2 is 2.33 bits per heavy atom. The molecule has 2 aliphatic rings. The molecule has 3 unspecified atom stereocenters. The van der Waals surface area contributed by atoms with E-state index in [0.29, 0.717) is 22.4 Å². The molecule has 0 saturated carbocycles. The van der Waals surface area contributed by atoms with Crippen LogP contribution in [0.25, 0.3) is 0 Å². The van der Waals surface area contributed by atoms with Gasteiger partial charge >= 0.3 is 0 Å². The zero-order valence-corrected chi connectivity index (χ0v) is 13.7. The van der Waals surface area contributed by atoms with E-state index in [1.54, 1.807) is 6.20 Å². The average Bonchev–Trinajstić information content (AvgIpc) is 3.04. The van der Waals surface area contributed by atoms with Crippen LogP contribution in [0.3, 0.4) is 0 Å². The van der Waals surface area contributed by atoms with Crippen LogP contribution in [0.2, 0.25) is 0 Å². The van der Waals surface area contributed by atoms with E-state index in [0.717, 1.165) is 31.7 Å². The fraction of sp³-hybridized carbons (Fsp3) is 0.714. The van der Waals surface area contributed by atoms with Crippen molar-refractivity contribution >= 4 is 21.6 Å². The molecule has 3 rings (SSSR count). The fourth-order valence-corrected chi connectivity index (χ4v) is 4.27. The number of hydrogen-bond donors (Lipinski definition) is 2. The molecule has 0 aliphatic carbocycles. The van der Waals surface area contributed by atoms with Crippen molar-refractivity contribution in [1.29, 1.82) is 0 Å². The van der Waals surface area contributed by atoms with Crippen LogP contribution >= 0.6 is 15.9 Å². The predicted octanol–water partition coefficient (Wildman–Crippen LogP) is 0.432. The number of aromatic nitrogens is 2. The molecule has 2 aliphatic heterocycles. The van der Waals surface area contributed by atoms with E-state index in [2.05, 4.69) is 38.2 Å². The number of halogens is 1. The Morgan fingerprint density at radius 1 is 1.52 bits per heavy atom. The fourth-order valence-electron chi connectivity index (χ4n) is 3.73. The summed E-state index contributed by atoms with van der Waals surface area (Å²) in [5.74, 6) is 1.31. The molecule has 0 amide bonds. The quantitative estimate of drug-likeness (QED) is 0.818. The molecule has 2 fully saturated rings. The largest absolute Gasteiger partial charge is 0.394 e. The van der Waals surface area contributed by atoms with Crippen molar-refractivity contribution in [1.82, 2.24) is 15.1 Å². The molecule has 0 radical (unpaired) electrons. The first kappa shape index (κ1) is 15.0. The Hall–Kier alpha value is -0.920. The van der Waals surface area contributed by atoms with Gasteiger partial charge in [0.15, 0.2) is 0 Å². The van der Waals surface area contributed by atoms with Gasteiger partial charge in [-0.2, -0.15) is 5.10 Å². The third-order valence-corrected chi connectivity index (χ3v) is 5.47. The van der Waals surface area contributed by atoms with E-state index in [1.807, 2.05) is 0 Å². The maximum absolute atomic E-state index is 12.3. The minimum Gasteiger partial charge on any atom is -0.394 e. The van der Waals surface area contributed by atoms with Crippen LogP contribution in [0.1, 0.15) is 13.3 Å². The van der Waals surface area contributed by atoms with E-state index >= 15 is 0 Å². The van der Waals surface area contributed by atoms with Gasteiger partial charge in [-0.3, -0.25) is 4.79 Å². The van der Waals surface area contributed by atoms with E-state index < -0.39 is 0 Å². The molecule has 7 heteroatoms. The van der Waals surface area contributed by atoms with E-state index in [4.69, 9.17) is 5.11 Å². The second-order valence-corrected chi connectivity index (χ2v) is 6.60. The Balaban J connectivity index is 1.93. The zero-order chi connectivity index (χ0) is 15.0. The lowest BCUT2D eigenvalue weighted by atomic mass is 9.93. The maximum atomic E-state index is 12.3. The third kappa shape index (κ3) is 2.51. The summed E-state index contributed by atoms with van der Waals surface area (Å²) in [4.78, 5) is 14.6. The number of anilines is 1. The summed E-state index contributed by atoms with van der Waals surface area (Å²) < 4.78 is 1.85. The topological polar surface area (TPSA) is 70.4 Å². The van der Waals surface area contributed by atoms with Gasteiger partial charge in [-0.25, -0.2) is 4.68 Å². The molecule has 116 valence electrons. The number of aliphatic hydroxyl groups is 1. The second-order valence-electron chi connectivity index (χ2n) is 5.81. The first-order valence-electron chi connectivity index (χ1n) is 7.51.